The number of nitrogens with zero attached hydrogens (tertiary/aromatic N) is 3. The summed E-state index contributed by atoms with van der Waals surface area (Å²) in [5, 5.41) is 28.9. The molecule has 130 valence electrons. The molecule has 0 saturated carbocycles. The van der Waals surface area contributed by atoms with Crippen LogP contribution in [0, 0.1) is 12.8 Å². The van der Waals surface area contributed by atoms with Gasteiger partial charge in [0.25, 0.3) is 5.91 Å². The molecular formula is C17H19N5O2S. The number of benzene rings is 1. The van der Waals surface area contributed by atoms with E-state index in [-0.39, 0.29) is 17.4 Å². The summed E-state index contributed by atoms with van der Waals surface area (Å²) in [6.45, 7) is 6.13. The molecule has 8 heteroatoms. The molecule has 3 N–H and O–H groups in total. The number of hydrogen-bond donors (Lipinski definition) is 3. The maximum atomic E-state index is 12.3. The zero-order valence-electron chi connectivity index (χ0n) is 14.2. The second kappa shape index (κ2) is 7.02. The SMILES string of the molecule is Cc1ccc(O)c(-c2cc(C(=O)Nc3nnc(CC(C)C)s3)[nH]n2)c1. The molecule has 0 aliphatic heterocycles. The molecule has 2 heterocycles. The lowest BCUT2D eigenvalue weighted by Crippen LogP contribution is -2.12. The molecule has 0 atom stereocenters. The van der Waals surface area contributed by atoms with Crippen LogP contribution in [0.1, 0.15) is 34.9 Å². The molecule has 0 spiro atoms. The highest BCUT2D eigenvalue weighted by Crippen LogP contribution is 2.29. The summed E-state index contributed by atoms with van der Waals surface area (Å²) in [7, 11) is 0. The van der Waals surface area contributed by atoms with Crippen molar-refractivity contribution in [3.05, 3.63) is 40.5 Å². The van der Waals surface area contributed by atoms with E-state index in [1.807, 2.05) is 19.1 Å². The lowest BCUT2D eigenvalue weighted by molar-refractivity contribution is 0.102. The average molecular weight is 357 g/mol. The van der Waals surface area contributed by atoms with Gasteiger partial charge in [-0.2, -0.15) is 5.10 Å². The Hall–Kier alpha value is -2.74. The molecule has 1 aromatic carbocycles. The zero-order valence-corrected chi connectivity index (χ0v) is 15.0. The van der Waals surface area contributed by atoms with E-state index in [9.17, 15) is 9.90 Å². The Bertz CT molecular complexity index is 900. The number of aromatic amines is 1. The molecule has 7 nitrogen and oxygen atoms in total. The third-order valence-corrected chi connectivity index (χ3v) is 4.38. The first-order valence-corrected chi connectivity index (χ1v) is 8.73. The first-order chi connectivity index (χ1) is 11.9. The number of aromatic nitrogens is 4. The minimum atomic E-state index is -0.349. The quantitative estimate of drug-likeness (QED) is 0.649. The van der Waals surface area contributed by atoms with Gasteiger partial charge in [0, 0.05) is 12.0 Å². The van der Waals surface area contributed by atoms with Crippen molar-refractivity contribution in [1.29, 1.82) is 0 Å². The summed E-state index contributed by atoms with van der Waals surface area (Å²) in [6.07, 6.45) is 0.828. The Morgan fingerprint density at radius 1 is 1.32 bits per heavy atom. The van der Waals surface area contributed by atoms with Crippen LogP contribution in [-0.2, 0) is 6.42 Å². The molecule has 0 radical (unpaired) electrons. The monoisotopic (exact) mass is 357 g/mol. The number of H-pyrrole nitrogens is 1. The number of phenolic OH excluding ortho intramolecular Hbond substituents is 1. The van der Waals surface area contributed by atoms with E-state index in [0.717, 1.165) is 17.0 Å². The second-order valence-corrected chi connectivity index (χ2v) is 7.30. The third kappa shape index (κ3) is 4.03. The molecular weight excluding hydrogens is 338 g/mol. The first kappa shape index (κ1) is 17.1. The van der Waals surface area contributed by atoms with E-state index >= 15 is 0 Å². The average Bonchev–Trinajstić information content (AvgIpc) is 3.19. The van der Waals surface area contributed by atoms with Crippen molar-refractivity contribution < 1.29 is 9.90 Å². The molecule has 25 heavy (non-hydrogen) atoms. The van der Waals surface area contributed by atoms with E-state index in [2.05, 4.69) is 39.6 Å². The van der Waals surface area contributed by atoms with Crippen LogP contribution in [-0.4, -0.2) is 31.4 Å². The van der Waals surface area contributed by atoms with Crippen LogP contribution in [0.25, 0.3) is 11.3 Å². The van der Waals surface area contributed by atoms with Crippen LogP contribution >= 0.6 is 11.3 Å². The number of hydrogen-bond acceptors (Lipinski definition) is 6. The Morgan fingerprint density at radius 2 is 2.12 bits per heavy atom. The fourth-order valence-corrected chi connectivity index (χ4v) is 3.28. The number of amides is 1. The van der Waals surface area contributed by atoms with Crippen molar-refractivity contribution in [2.24, 2.45) is 5.92 Å². The maximum absolute atomic E-state index is 12.3. The van der Waals surface area contributed by atoms with Gasteiger partial charge in [-0.3, -0.25) is 15.2 Å². The number of phenols is 1. The van der Waals surface area contributed by atoms with Gasteiger partial charge in [-0.05, 0) is 31.0 Å². The van der Waals surface area contributed by atoms with Crippen molar-refractivity contribution in [3.8, 4) is 17.0 Å². The van der Waals surface area contributed by atoms with Crippen LogP contribution in [0.3, 0.4) is 0 Å². The molecule has 0 fully saturated rings. The Morgan fingerprint density at radius 3 is 2.88 bits per heavy atom. The number of nitrogens with one attached hydrogen (secondary N) is 2. The lowest BCUT2D eigenvalue weighted by atomic mass is 10.1. The molecule has 0 bridgehead atoms. The number of anilines is 1. The van der Waals surface area contributed by atoms with Gasteiger partial charge in [-0.25, -0.2) is 0 Å². The van der Waals surface area contributed by atoms with Crippen LogP contribution in [0.5, 0.6) is 5.75 Å². The molecule has 2 aromatic heterocycles. The Balaban J connectivity index is 1.74. The predicted molar refractivity (Wildman–Crippen MR) is 96.8 cm³/mol. The van der Waals surface area contributed by atoms with Gasteiger partial charge in [0.2, 0.25) is 5.13 Å². The van der Waals surface area contributed by atoms with Crippen molar-refractivity contribution in [2.75, 3.05) is 5.32 Å². The van der Waals surface area contributed by atoms with Crippen molar-refractivity contribution >= 4 is 22.4 Å². The molecule has 0 unspecified atom stereocenters. The molecule has 3 rings (SSSR count). The first-order valence-electron chi connectivity index (χ1n) is 7.91. The summed E-state index contributed by atoms with van der Waals surface area (Å²) < 4.78 is 0. The summed E-state index contributed by atoms with van der Waals surface area (Å²) in [6, 6.07) is 6.83. The normalized spacial score (nSPS) is 11.0. The highest BCUT2D eigenvalue weighted by Gasteiger charge is 2.15. The summed E-state index contributed by atoms with van der Waals surface area (Å²) in [4.78, 5) is 12.3. The van der Waals surface area contributed by atoms with E-state index in [1.165, 1.54) is 11.3 Å². The van der Waals surface area contributed by atoms with Crippen LogP contribution < -0.4 is 5.32 Å². The Kier molecular flexibility index (Phi) is 4.80. The van der Waals surface area contributed by atoms with Crippen molar-refractivity contribution in [1.82, 2.24) is 20.4 Å². The highest BCUT2D eigenvalue weighted by molar-refractivity contribution is 7.15. The summed E-state index contributed by atoms with van der Waals surface area (Å²) >= 11 is 1.36. The van der Waals surface area contributed by atoms with Gasteiger partial charge >= 0.3 is 0 Å². The number of rotatable bonds is 5. The topological polar surface area (TPSA) is 104 Å². The van der Waals surface area contributed by atoms with Gasteiger partial charge < -0.3 is 5.11 Å². The van der Waals surface area contributed by atoms with Gasteiger partial charge in [0.05, 0.1) is 5.69 Å². The number of aryl methyl sites for hydroxylation is 1. The third-order valence-electron chi connectivity index (χ3n) is 3.52. The lowest BCUT2D eigenvalue weighted by Gasteiger charge is -2.01. The number of carbonyl (C=O) groups excluding carboxylic acids is 1. The summed E-state index contributed by atoms with van der Waals surface area (Å²) in [5.74, 6) is 0.248. The fourth-order valence-electron chi connectivity index (χ4n) is 2.33. The standard InChI is InChI=1S/C17H19N5O2S/c1-9(2)6-15-21-22-17(25-15)18-16(24)13-8-12(19-20-13)11-7-10(3)4-5-14(11)23/h4-5,7-9,23H,6H2,1-3H3,(H,19,20)(H,18,22,24). The molecule has 0 saturated heterocycles. The van der Waals surface area contributed by atoms with E-state index < -0.39 is 0 Å². The molecule has 0 aliphatic rings. The van der Waals surface area contributed by atoms with Crippen LogP contribution in [0.2, 0.25) is 0 Å². The highest BCUT2D eigenvalue weighted by atomic mass is 32.1. The maximum Gasteiger partial charge on any atom is 0.275 e. The van der Waals surface area contributed by atoms with Crippen LogP contribution in [0.4, 0.5) is 5.13 Å². The predicted octanol–water partition coefficient (Wildman–Crippen LogP) is 3.39. The van der Waals surface area contributed by atoms with E-state index in [0.29, 0.717) is 22.3 Å². The van der Waals surface area contributed by atoms with Gasteiger partial charge in [0.1, 0.15) is 16.5 Å². The minimum absolute atomic E-state index is 0.117. The second-order valence-electron chi connectivity index (χ2n) is 6.24. The summed E-state index contributed by atoms with van der Waals surface area (Å²) in [5.41, 5.74) is 2.36. The van der Waals surface area contributed by atoms with Gasteiger partial charge in [0.15, 0.2) is 0 Å². The smallest absolute Gasteiger partial charge is 0.275 e. The Labute approximate surface area is 149 Å². The minimum Gasteiger partial charge on any atom is -0.507 e. The number of aromatic hydroxyl groups is 1. The number of carbonyl (C=O) groups is 1. The van der Waals surface area contributed by atoms with E-state index in [4.69, 9.17) is 0 Å². The van der Waals surface area contributed by atoms with Crippen LogP contribution in [0.15, 0.2) is 24.3 Å². The largest absolute Gasteiger partial charge is 0.507 e. The van der Waals surface area contributed by atoms with Crippen molar-refractivity contribution in [2.45, 2.75) is 27.2 Å². The van der Waals surface area contributed by atoms with Gasteiger partial charge in [-0.15, -0.1) is 10.2 Å². The van der Waals surface area contributed by atoms with E-state index in [1.54, 1.807) is 12.1 Å². The molecule has 0 aliphatic carbocycles. The molecule has 3 aromatic rings. The zero-order chi connectivity index (χ0) is 18.0. The molecule has 1 amide bonds. The fraction of sp³-hybridized carbons (Fsp3) is 0.294. The van der Waals surface area contributed by atoms with Crippen molar-refractivity contribution in [3.63, 3.8) is 0 Å². The van der Waals surface area contributed by atoms with Gasteiger partial charge in [-0.1, -0.05) is 36.8 Å².